The molecule has 1 aliphatic heterocycles. The van der Waals surface area contributed by atoms with Gasteiger partial charge >= 0.3 is 0 Å². The van der Waals surface area contributed by atoms with Crippen molar-refractivity contribution in [2.24, 2.45) is 11.7 Å². The van der Waals surface area contributed by atoms with Gasteiger partial charge in [-0.1, -0.05) is 6.92 Å². The smallest absolute Gasteiger partial charge is 0.228 e. The van der Waals surface area contributed by atoms with Gasteiger partial charge < -0.3 is 16.4 Å². The first kappa shape index (κ1) is 13.5. The fourth-order valence-electron chi connectivity index (χ4n) is 2.02. The molecular weight excluding hydrogens is 242 g/mol. The van der Waals surface area contributed by atoms with Crippen LogP contribution in [0.2, 0.25) is 0 Å². The van der Waals surface area contributed by atoms with Crippen LogP contribution in [0.5, 0.6) is 0 Å². The molecule has 1 aromatic rings. The number of rotatable bonds is 3. The minimum absolute atomic E-state index is 0.0484. The van der Waals surface area contributed by atoms with E-state index in [4.69, 9.17) is 5.73 Å². The van der Waals surface area contributed by atoms with Gasteiger partial charge in [0.15, 0.2) is 0 Å². The van der Waals surface area contributed by atoms with Gasteiger partial charge in [0.25, 0.3) is 0 Å². The minimum Gasteiger partial charge on any atom is -0.330 e. The lowest BCUT2D eigenvalue weighted by atomic mass is 10.1. The van der Waals surface area contributed by atoms with Gasteiger partial charge in [-0.15, -0.1) is 0 Å². The maximum Gasteiger partial charge on any atom is 0.228 e. The molecule has 0 saturated heterocycles. The number of anilines is 2. The summed E-state index contributed by atoms with van der Waals surface area (Å²) in [4.78, 5) is 23.2. The zero-order valence-corrected chi connectivity index (χ0v) is 11.0. The summed E-state index contributed by atoms with van der Waals surface area (Å²) >= 11 is 0. The van der Waals surface area contributed by atoms with Gasteiger partial charge in [0.2, 0.25) is 11.8 Å². The van der Waals surface area contributed by atoms with E-state index in [1.54, 1.807) is 13.0 Å². The molecule has 102 valence electrons. The molecule has 1 aliphatic rings. The van der Waals surface area contributed by atoms with Gasteiger partial charge in [0.05, 0.1) is 0 Å². The van der Waals surface area contributed by atoms with Crippen molar-refractivity contribution < 1.29 is 9.59 Å². The zero-order chi connectivity index (χ0) is 13.8. The second kappa shape index (κ2) is 5.84. The Morgan fingerprint density at radius 1 is 1.47 bits per heavy atom. The zero-order valence-electron chi connectivity index (χ0n) is 11.0. The molecule has 0 fully saturated rings. The number of aryl methyl sites for hydroxylation is 1. The molecule has 0 radical (unpaired) electrons. The van der Waals surface area contributed by atoms with Gasteiger partial charge in [-0.25, -0.2) is 0 Å². The van der Waals surface area contributed by atoms with Crippen molar-refractivity contribution in [3.8, 4) is 0 Å². The summed E-state index contributed by atoms with van der Waals surface area (Å²) in [6.07, 6.45) is 2.21. The largest absolute Gasteiger partial charge is 0.330 e. The Bertz CT molecular complexity index is 499. The second-order valence-corrected chi connectivity index (χ2v) is 4.90. The highest BCUT2D eigenvalue weighted by Crippen LogP contribution is 2.25. The third-order valence-electron chi connectivity index (χ3n) is 3.30. The van der Waals surface area contributed by atoms with Crippen LogP contribution in [0.4, 0.5) is 11.4 Å². The standard InChI is InChI=1S/C14H19N3O2/c1-9(8-15)14(19)16-11-5-6-12-10(7-11)3-2-4-13(18)17-12/h5-7,9H,2-4,8,15H2,1H3,(H,16,19)(H,17,18). The van der Waals surface area contributed by atoms with E-state index >= 15 is 0 Å². The molecule has 0 aliphatic carbocycles. The molecule has 5 nitrogen and oxygen atoms in total. The van der Waals surface area contributed by atoms with Crippen molar-refractivity contribution in [1.29, 1.82) is 0 Å². The Morgan fingerprint density at radius 3 is 3.00 bits per heavy atom. The number of carbonyl (C=O) groups is 2. The van der Waals surface area contributed by atoms with Crippen LogP contribution in [0.3, 0.4) is 0 Å². The average Bonchev–Trinajstić information content (AvgIpc) is 2.58. The number of carbonyl (C=O) groups excluding carboxylic acids is 2. The Morgan fingerprint density at radius 2 is 2.26 bits per heavy atom. The van der Waals surface area contributed by atoms with Crippen LogP contribution >= 0.6 is 0 Å². The molecule has 1 unspecified atom stereocenters. The van der Waals surface area contributed by atoms with Crippen LogP contribution in [0, 0.1) is 5.92 Å². The quantitative estimate of drug-likeness (QED) is 0.770. The van der Waals surface area contributed by atoms with Gasteiger partial charge in [-0.2, -0.15) is 0 Å². The summed E-state index contributed by atoms with van der Waals surface area (Å²) in [5.41, 5.74) is 8.11. The van der Waals surface area contributed by atoms with E-state index in [0.717, 1.165) is 29.8 Å². The molecule has 1 aromatic carbocycles. The first-order valence-corrected chi connectivity index (χ1v) is 6.54. The van der Waals surface area contributed by atoms with E-state index in [9.17, 15) is 9.59 Å². The molecule has 0 spiro atoms. The Kier molecular flexibility index (Phi) is 4.16. The van der Waals surface area contributed by atoms with Crippen molar-refractivity contribution in [2.75, 3.05) is 17.2 Å². The van der Waals surface area contributed by atoms with E-state index in [-0.39, 0.29) is 17.7 Å². The molecule has 19 heavy (non-hydrogen) atoms. The molecule has 0 saturated carbocycles. The fraction of sp³-hybridized carbons (Fsp3) is 0.429. The van der Waals surface area contributed by atoms with Crippen molar-refractivity contribution in [1.82, 2.24) is 0 Å². The number of hydrogen-bond donors (Lipinski definition) is 3. The summed E-state index contributed by atoms with van der Waals surface area (Å²) < 4.78 is 0. The molecule has 5 heteroatoms. The van der Waals surface area contributed by atoms with Crippen LogP contribution in [0.1, 0.15) is 25.3 Å². The van der Waals surface area contributed by atoms with Gasteiger partial charge in [0.1, 0.15) is 0 Å². The Balaban J connectivity index is 2.15. The van der Waals surface area contributed by atoms with Crippen molar-refractivity contribution in [3.05, 3.63) is 23.8 Å². The van der Waals surface area contributed by atoms with Gasteiger partial charge in [0, 0.05) is 30.3 Å². The van der Waals surface area contributed by atoms with Gasteiger partial charge in [-0.05, 0) is 36.6 Å². The molecule has 2 rings (SSSR count). The van der Waals surface area contributed by atoms with Crippen molar-refractivity contribution in [3.63, 3.8) is 0 Å². The van der Waals surface area contributed by atoms with Crippen molar-refractivity contribution >= 4 is 23.2 Å². The van der Waals surface area contributed by atoms with Crippen molar-refractivity contribution in [2.45, 2.75) is 26.2 Å². The number of benzene rings is 1. The lowest BCUT2D eigenvalue weighted by molar-refractivity contribution is -0.119. The maximum absolute atomic E-state index is 11.8. The predicted molar refractivity (Wildman–Crippen MR) is 74.9 cm³/mol. The molecular formula is C14H19N3O2. The molecule has 0 bridgehead atoms. The predicted octanol–water partition coefficient (Wildman–Crippen LogP) is 1.49. The Labute approximate surface area is 112 Å². The van der Waals surface area contributed by atoms with Crippen LogP contribution in [-0.2, 0) is 16.0 Å². The highest BCUT2D eigenvalue weighted by molar-refractivity contribution is 5.95. The lowest BCUT2D eigenvalue weighted by Gasteiger charge is -2.12. The summed E-state index contributed by atoms with van der Waals surface area (Å²) in [5, 5.41) is 5.71. The van der Waals surface area contributed by atoms with E-state index in [2.05, 4.69) is 10.6 Å². The number of nitrogens with two attached hydrogens (primary N) is 1. The van der Waals surface area contributed by atoms with Crippen LogP contribution in [0.15, 0.2) is 18.2 Å². The number of nitrogens with one attached hydrogen (secondary N) is 2. The summed E-state index contributed by atoms with van der Waals surface area (Å²) in [7, 11) is 0. The van der Waals surface area contributed by atoms with E-state index in [1.807, 2.05) is 12.1 Å². The molecule has 0 aromatic heterocycles. The van der Waals surface area contributed by atoms with Crippen LogP contribution in [-0.4, -0.2) is 18.4 Å². The number of fused-ring (bicyclic) bond motifs is 1. The average molecular weight is 261 g/mol. The highest BCUT2D eigenvalue weighted by Gasteiger charge is 2.15. The van der Waals surface area contributed by atoms with Gasteiger partial charge in [-0.3, -0.25) is 9.59 Å². The first-order valence-electron chi connectivity index (χ1n) is 6.54. The third-order valence-corrected chi connectivity index (χ3v) is 3.30. The molecule has 1 atom stereocenters. The minimum atomic E-state index is -0.210. The van der Waals surface area contributed by atoms with E-state index < -0.39 is 0 Å². The maximum atomic E-state index is 11.8. The topological polar surface area (TPSA) is 84.2 Å². The van der Waals surface area contributed by atoms with E-state index in [1.165, 1.54) is 0 Å². The highest BCUT2D eigenvalue weighted by atomic mass is 16.2. The summed E-state index contributed by atoms with van der Waals surface area (Å²) in [6.45, 7) is 2.12. The third kappa shape index (κ3) is 3.32. The second-order valence-electron chi connectivity index (χ2n) is 4.90. The van der Waals surface area contributed by atoms with Crippen LogP contribution in [0.25, 0.3) is 0 Å². The van der Waals surface area contributed by atoms with Crippen LogP contribution < -0.4 is 16.4 Å². The van der Waals surface area contributed by atoms with E-state index in [0.29, 0.717) is 13.0 Å². The normalized spacial score (nSPS) is 16.0. The number of hydrogen-bond acceptors (Lipinski definition) is 3. The summed E-state index contributed by atoms with van der Waals surface area (Å²) in [6, 6.07) is 5.55. The first-order chi connectivity index (χ1) is 9.10. The molecule has 1 heterocycles. The SMILES string of the molecule is CC(CN)C(=O)Nc1ccc2c(c1)CCCC(=O)N2. The fourth-order valence-corrected chi connectivity index (χ4v) is 2.02. The summed E-state index contributed by atoms with van der Waals surface area (Å²) in [5.74, 6) is -0.245. The molecule has 4 N–H and O–H groups in total. The Hall–Kier alpha value is -1.88. The molecule has 2 amide bonds. The monoisotopic (exact) mass is 261 g/mol. The number of amides is 2. The lowest BCUT2D eigenvalue weighted by Crippen LogP contribution is -2.26.